The van der Waals surface area contributed by atoms with E-state index in [1.807, 2.05) is 18.2 Å². The van der Waals surface area contributed by atoms with E-state index < -0.39 is 110 Å². The second-order valence-corrected chi connectivity index (χ2v) is 19.9. The molecular formula is C55H71N11O13. The van der Waals surface area contributed by atoms with Gasteiger partial charge in [-0.3, -0.25) is 47.9 Å². The number of rotatable bonds is 10. The van der Waals surface area contributed by atoms with Gasteiger partial charge in [-0.1, -0.05) is 42.5 Å². The van der Waals surface area contributed by atoms with E-state index in [-0.39, 0.29) is 81.4 Å². The van der Waals surface area contributed by atoms with E-state index >= 15 is 0 Å². The number of benzene rings is 3. The van der Waals surface area contributed by atoms with Crippen molar-refractivity contribution < 1.29 is 63.3 Å². The molecule has 2 fully saturated rings. The lowest BCUT2D eigenvalue weighted by Gasteiger charge is -2.33. The molecule has 2 aliphatic rings. The van der Waals surface area contributed by atoms with Gasteiger partial charge in [-0.05, 0) is 85.5 Å². The van der Waals surface area contributed by atoms with Gasteiger partial charge in [-0.15, -0.1) is 0 Å². The minimum Gasteiger partial charge on any atom is -0.508 e. The number of H-pyrrole nitrogens is 1. The van der Waals surface area contributed by atoms with Gasteiger partial charge in [0.05, 0.1) is 32.8 Å². The van der Waals surface area contributed by atoms with Crippen LogP contribution in [0.1, 0.15) is 61.6 Å². The van der Waals surface area contributed by atoms with Crippen molar-refractivity contribution in [2.45, 2.75) is 100 Å². The Hall–Kier alpha value is -8.54. The average molecular weight is 1090 g/mol. The van der Waals surface area contributed by atoms with E-state index in [0.29, 0.717) is 34.9 Å². The largest absolute Gasteiger partial charge is 0.508 e. The van der Waals surface area contributed by atoms with Crippen LogP contribution in [0.2, 0.25) is 0 Å². The summed E-state index contributed by atoms with van der Waals surface area (Å²) >= 11 is 0. The highest BCUT2D eigenvalue weighted by Gasteiger charge is 2.39. The highest BCUT2D eigenvalue weighted by Crippen LogP contribution is 2.29. The average Bonchev–Trinajstić information content (AvgIpc) is 4.24. The number of hydrogen-bond donors (Lipinski definition) is 10. The standard InChI is InChI=1S/C55H71N11O13/c1-56-53(77)45-30-66(36-17-18-36)49(73)13-9-8-12-46(70)60-41(24-34-14-19-37(68)20-15-34)52(76)62-43(32-67)54(78)65(4)44(23-16-33-10-6-5-7-11-33)55(79)63(2)31-48(72)61-42(25-35-27-57-40-22-21-38(69)26-39(35)40)51(75)59-28-47(71)58-29-50(74)64(45)3/h5-7,10-11,14-15,19-22,26-27,36,41-45,57,67-69H,8-9,12-13,16-18,23-25,28-32H2,1-4H3,(H,56,77)(H,58,71)(H,59,75)(H,60,70)(H,61,72)(H,62,76). The number of likely N-dealkylation sites (N-methyl/N-ethyl adjacent to an activating group) is 4. The van der Waals surface area contributed by atoms with E-state index in [4.69, 9.17) is 0 Å². The van der Waals surface area contributed by atoms with Crippen LogP contribution in [0.15, 0.2) is 79.0 Å². The number of phenols is 2. The fourth-order valence-corrected chi connectivity index (χ4v) is 9.29. The van der Waals surface area contributed by atoms with Crippen LogP contribution >= 0.6 is 0 Å². The van der Waals surface area contributed by atoms with Gasteiger partial charge >= 0.3 is 0 Å². The summed E-state index contributed by atoms with van der Waals surface area (Å²) in [6, 6.07) is 12.5. The van der Waals surface area contributed by atoms with Crippen molar-refractivity contribution in [1.82, 2.24) is 56.5 Å². The molecule has 0 radical (unpaired) electrons. The number of nitrogens with zero attached hydrogens (tertiary/aromatic N) is 4. The van der Waals surface area contributed by atoms with Gasteiger partial charge in [0.25, 0.3) is 0 Å². The molecule has 6 rings (SSSR count). The number of hydrogen-bond acceptors (Lipinski definition) is 13. The first kappa shape index (κ1) is 59.7. The summed E-state index contributed by atoms with van der Waals surface area (Å²) in [5, 5.41) is 46.7. The molecule has 424 valence electrons. The van der Waals surface area contributed by atoms with Gasteiger partial charge in [0.15, 0.2) is 0 Å². The van der Waals surface area contributed by atoms with Crippen LogP contribution in [0.4, 0.5) is 0 Å². The maximum Gasteiger partial charge on any atom is 0.247 e. The number of nitrogens with one attached hydrogen (secondary N) is 7. The molecule has 1 aliphatic heterocycles. The molecule has 24 nitrogen and oxygen atoms in total. The summed E-state index contributed by atoms with van der Waals surface area (Å²) in [6.45, 7) is -2.98. The highest BCUT2D eigenvalue weighted by molar-refractivity contribution is 5.97. The highest BCUT2D eigenvalue weighted by atomic mass is 16.3. The van der Waals surface area contributed by atoms with Gasteiger partial charge in [0.1, 0.15) is 41.7 Å². The van der Waals surface area contributed by atoms with Crippen LogP contribution in [-0.4, -0.2) is 196 Å². The number of carbonyl (C=O) groups is 10. The SMILES string of the molecule is CNC(=O)C1CN(C2CC2)C(=O)CCCCC(=O)NC(Cc2ccc(O)cc2)C(=O)NC(CO)C(=O)N(C)C(CCc2ccccc2)C(=O)N(C)CC(=O)NC(Cc2c[nH]c3ccc(O)cc23)C(=O)NCC(=O)NCC(=O)N1C. The third-order valence-electron chi connectivity index (χ3n) is 14.1. The molecule has 1 aromatic heterocycles. The van der Waals surface area contributed by atoms with Gasteiger partial charge < -0.3 is 71.8 Å². The predicted molar refractivity (Wildman–Crippen MR) is 287 cm³/mol. The Balaban J connectivity index is 1.29. The van der Waals surface area contributed by atoms with Crippen LogP contribution < -0.4 is 31.9 Å². The van der Waals surface area contributed by atoms with E-state index in [0.717, 1.165) is 20.3 Å². The molecular weight excluding hydrogens is 1020 g/mol. The Kier molecular flexibility index (Phi) is 21.3. The van der Waals surface area contributed by atoms with Crippen LogP contribution in [0.3, 0.4) is 0 Å². The first-order valence-corrected chi connectivity index (χ1v) is 26.2. The van der Waals surface area contributed by atoms with Crippen molar-refractivity contribution >= 4 is 70.0 Å². The molecule has 1 saturated heterocycles. The number of aliphatic hydroxyl groups excluding tert-OH is 1. The number of phenolic OH excluding ortho intramolecular Hbond substituents is 2. The Morgan fingerprint density at radius 3 is 2.03 bits per heavy atom. The third-order valence-corrected chi connectivity index (χ3v) is 14.1. The first-order chi connectivity index (χ1) is 37.8. The van der Waals surface area contributed by atoms with Crippen molar-refractivity contribution in [1.29, 1.82) is 0 Å². The number of aryl methyl sites for hydroxylation is 1. The Morgan fingerprint density at radius 2 is 1.34 bits per heavy atom. The zero-order valence-electron chi connectivity index (χ0n) is 44.8. The summed E-state index contributed by atoms with van der Waals surface area (Å²) < 4.78 is 0. The van der Waals surface area contributed by atoms with Crippen LogP contribution in [0, 0.1) is 0 Å². The van der Waals surface area contributed by atoms with Gasteiger partial charge in [-0.2, -0.15) is 0 Å². The zero-order valence-corrected chi connectivity index (χ0v) is 44.8. The number of amides is 10. The molecule has 24 heteroatoms. The summed E-state index contributed by atoms with van der Waals surface area (Å²) in [5.74, 6) is -7.16. The topological polar surface area (TPSA) is 332 Å². The molecule has 0 spiro atoms. The number of aromatic nitrogens is 1. The zero-order chi connectivity index (χ0) is 57.3. The molecule has 2 heterocycles. The molecule has 1 saturated carbocycles. The van der Waals surface area contributed by atoms with Crippen molar-refractivity contribution in [3.63, 3.8) is 0 Å². The minimum atomic E-state index is -1.63. The molecule has 3 aromatic carbocycles. The minimum absolute atomic E-state index is 0.0178. The molecule has 10 N–H and O–H groups in total. The van der Waals surface area contributed by atoms with Crippen LogP contribution in [-0.2, 0) is 67.2 Å². The maximum absolute atomic E-state index is 14.5. The predicted octanol–water partition coefficient (Wildman–Crippen LogP) is -0.900. The molecule has 5 unspecified atom stereocenters. The molecule has 1 aliphatic carbocycles. The fourth-order valence-electron chi connectivity index (χ4n) is 9.29. The molecule has 0 bridgehead atoms. The smallest absolute Gasteiger partial charge is 0.247 e. The number of aromatic hydroxyl groups is 2. The number of aromatic amines is 1. The Morgan fingerprint density at radius 1 is 0.671 bits per heavy atom. The van der Waals surface area contributed by atoms with E-state index in [1.54, 1.807) is 36.5 Å². The summed E-state index contributed by atoms with van der Waals surface area (Å²) in [4.78, 5) is 146. The maximum atomic E-state index is 14.5. The van der Waals surface area contributed by atoms with Crippen molar-refractivity contribution in [3.8, 4) is 11.5 Å². The number of aliphatic hydroxyl groups is 1. The Labute approximate surface area is 457 Å². The number of fused-ring (bicyclic) bond motifs is 1. The van der Waals surface area contributed by atoms with Gasteiger partial charge in [-0.25, -0.2) is 0 Å². The van der Waals surface area contributed by atoms with Crippen molar-refractivity contribution in [3.05, 3.63) is 95.7 Å². The van der Waals surface area contributed by atoms with E-state index in [2.05, 4.69) is 36.9 Å². The molecule has 79 heavy (non-hydrogen) atoms. The lowest BCUT2D eigenvalue weighted by molar-refractivity contribution is -0.147. The van der Waals surface area contributed by atoms with E-state index in [1.165, 1.54) is 57.4 Å². The first-order valence-electron chi connectivity index (χ1n) is 26.2. The molecule has 10 amide bonds. The van der Waals surface area contributed by atoms with Crippen molar-refractivity contribution in [2.24, 2.45) is 0 Å². The van der Waals surface area contributed by atoms with Gasteiger partial charge in [0.2, 0.25) is 59.1 Å². The van der Waals surface area contributed by atoms with E-state index in [9.17, 15) is 63.3 Å². The Bertz CT molecular complexity index is 2840. The lowest BCUT2D eigenvalue weighted by atomic mass is 10.0. The molecule has 5 atom stereocenters. The summed E-state index contributed by atoms with van der Waals surface area (Å²) in [5.41, 5.74) is 2.44. The molecule has 4 aromatic rings. The fraction of sp³-hybridized carbons (Fsp3) is 0.455. The lowest BCUT2D eigenvalue weighted by Crippen LogP contribution is -2.59. The monoisotopic (exact) mass is 1090 g/mol. The third kappa shape index (κ3) is 17.0. The number of carbonyl (C=O) groups excluding carboxylic acids is 10. The quantitative estimate of drug-likeness (QED) is 0.0922. The summed E-state index contributed by atoms with van der Waals surface area (Å²) in [6.07, 6.45) is 3.22. The summed E-state index contributed by atoms with van der Waals surface area (Å²) in [7, 11) is 5.37. The van der Waals surface area contributed by atoms with Crippen LogP contribution in [0.25, 0.3) is 10.9 Å². The van der Waals surface area contributed by atoms with Crippen LogP contribution in [0.5, 0.6) is 11.5 Å². The normalized spacial score (nSPS) is 22.1. The second kappa shape index (κ2) is 28.2. The van der Waals surface area contributed by atoms with Gasteiger partial charge in [0, 0.05) is 77.0 Å². The van der Waals surface area contributed by atoms with Crippen molar-refractivity contribution in [2.75, 3.05) is 61.0 Å². The second-order valence-electron chi connectivity index (χ2n) is 19.9.